The van der Waals surface area contributed by atoms with E-state index >= 15 is 0 Å². The van der Waals surface area contributed by atoms with Crippen molar-refractivity contribution >= 4 is 32.8 Å². The van der Waals surface area contributed by atoms with E-state index < -0.39 is 11.0 Å². The summed E-state index contributed by atoms with van der Waals surface area (Å²) in [7, 11) is -1.23. The van der Waals surface area contributed by atoms with Crippen molar-refractivity contribution in [1.82, 2.24) is 9.62 Å². The lowest BCUT2D eigenvalue weighted by Crippen LogP contribution is -2.39. The molecule has 2 unspecified atom stereocenters. The summed E-state index contributed by atoms with van der Waals surface area (Å²) in [4.78, 5) is 14.3. The molecule has 1 fully saturated rings. The van der Waals surface area contributed by atoms with Gasteiger partial charge in [0.05, 0.1) is 35.4 Å². The number of carbonyl (C=O) groups excluding carboxylic acids is 1. The van der Waals surface area contributed by atoms with Crippen LogP contribution < -0.4 is 4.72 Å². The highest BCUT2D eigenvalue weighted by Gasteiger charge is 2.30. The fourth-order valence-corrected chi connectivity index (χ4v) is 5.19. The summed E-state index contributed by atoms with van der Waals surface area (Å²) in [5.41, 5.74) is 3.31. The van der Waals surface area contributed by atoms with Crippen molar-refractivity contribution in [2.75, 3.05) is 19.8 Å². The van der Waals surface area contributed by atoms with Gasteiger partial charge in [-0.05, 0) is 69.4 Å². The zero-order valence-corrected chi connectivity index (χ0v) is 20.7. The molecule has 0 aliphatic carbocycles. The zero-order chi connectivity index (χ0) is 21.9. The molecule has 3 rings (SSSR count). The van der Waals surface area contributed by atoms with E-state index in [2.05, 4.69) is 26.7 Å². The number of hydrogen-bond donors (Lipinski definition) is 1. The van der Waals surface area contributed by atoms with Crippen LogP contribution in [-0.4, -0.2) is 45.8 Å². The molecule has 30 heavy (non-hydrogen) atoms. The Bertz CT molecular complexity index is 790. The number of ether oxygens (including phenoxy) is 2. The first-order valence-corrected chi connectivity index (χ1v) is 12.6. The predicted molar refractivity (Wildman–Crippen MR) is 122 cm³/mol. The third-order valence-corrected chi connectivity index (χ3v) is 7.60. The van der Waals surface area contributed by atoms with Crippen LogP contribution in [0.15, 0.2) is 16.6 Å². The summed E-state index contributed by atoms with van der Waals surface area (Å²) in [6.07, 6.45) is 2.56. The van der Waals surface area contributed by atoms with Crippen LogP contribution >= 0.6 is 15.9 Å². The van der Waals surface area contributed by atoms with Crippen LogP contribution in [0.1, 0.15) is 69.7 Å². The monoisotopic (exact) mass is 500 g/mol. The molecule has 2 aliphatic heterocycles. The van der Waals surface area contributed by atoms with Gasteiger partial charge in [-0.15, -0.1) is 0 Å². The maximum atomic E-state index is 13.0. The van der Waals surface area contributed by atoms with E-state index in [-0.39, 0.29) is 23.0 Å². The van der Waals surface area contributed by atoms with Crippen LogP contribution in [0.5, 0.6) is 0 Å². The minimum absolute atomic E-state index is 0.127. The van der Waals surface area contributed by atoms with E-state index in [1.807, 2.05) is 38.7 Å². The van der Waals surface area contributed by atoms with Gasteiger partial charge in [0.1, 0.15) is 0 Å². The van der Waals surface area contributed by atoms with E-state index in [9.17, 15) is 9.00 Å². The fraction of sp³-hybridized carbons (Fsp3) is 0.682. The molecule has 2 atom stereocenters. The van der Waals surface area contributed by atoms with Crippen LogP contribution in [0.3, 0.4) is 0 Å². The first-order valence-electron chi connectivity index (χ1n) is 10.7. The number of amides is 1. The molecule has 1 aromatic carbocycles. The van der Waals surface area contributed by atoms with E-state index in [1.165, 1.54) is 0 Å². The molecular weight excluding hydrogens is 468 g/mol. The smallest absolute Gasteiger partial charge is 0.227 e. The lowest BCUT2D eigenvalue weighted by molar-refractivity contribution is -0.182. The second-order valence-corrected chi connectivity index (χ2v) is 11.8. The minimum atomic E-state index is -1.23. The topological polar surface area (TPSA) is 67.9 Å². The van der Waals surface area contributed by atoms with Crippen LogP contribution in [0.4, 0.5) is 0 Å². The van der Waals surface area contributed by atoms with Gasteiger partial charge in [-0.1, -0.05) is 15.9 Å². The molecule has 0 bridgehead atoms. The summed E-state index contributed by atoms with van der Waals surface area (Å²) in [5, 5.41) is 0. The van der Waals surface area contributed by atoms with Crippen molar-refractivity contribution in [2.24, 2.45) is 0 Å². The van der Waals surface area contributed by atoms with Gasteiger partial charge in [-0.2, -0.15) is 0 Å². The Kier molecular flexibility index (Phi) is 8.12. The summed E-state index contributed by atoms with van der Waals surface area (Å²) in [6, 6.07) is 4.01. The normalized spacial score (nSPS) is 20.2. The number of hydrogen-bond acceptors (Lipinski definition) is 4. The molecule has 2 aliphatic rings. The number of carbonyl (C=O) groups is 1. The summed E-state index contributed by atoms with van der Waals surface area (Å²) in [5.74, 6) is 0.154. The number of nitrogens with one attached hydrogen (secondary N) is 1. The zero-order valence-electron chi connectivity index (χ0n) is 18.3. The number of fused-ring (bicyclic) bond motifs is 1. The van der Waals surface area contributed by atoms with Crippen molar-refractivity contribution < 1.29 is 18.5 Å². The summed E-state index contributed by atoms with van der Waals surface area (Å²) >= 11 is 3.62. The second kappa shape index (κ2) is 10.2. The number of likely N-dealkylation sites (N-methyl/N-ethyl adjacent to an activating group) is 1. The maximum absolute atomic E-state index is 13.0. The van der Waals surface area contributed by atoms with E-state index in [4.69, 9.17) is 9.47 Å². The van der Waals surface area contributed by atoms with Gasteiger partial charge in [-0.3, -0.25) is 4.79 Å². The van der Waals surface area contributed by atoms with Crippen LogP contribution in [0.25, 0.3) is 0 Å². The first-order chi connectivity index (χ1) is 14.2. The SMILES string of the molecule is CCN1Cc2c(cc(Br)cc2C(CCC2OCCCO2)NS(=O)C(C)(C)C)CC1=O. The highest BCUT2D eigenvalue weighted by Crippen LogP contribution is 2.34. The molecule has 0 radical (unpaired) electrons. The molecule has 168 valence electrons. The van der Waals surface area contributed by atoms with E-state index in [0.717, 1.165) is 53.6 Å². The summed E-state index contributed by atoms with van der Waals surface area (Å²) in [6.45, 7) is 10.6. The van der Waals surface area contributed by atoms with Gasteiger partial charge >= 0.3 is 0 Å². The molecule has 1 saturated heterocycles. The molecule has 2 heterocycles. The van der Waals surface area contributed by atoms with Crippen molar-refractivity contribution in [2.45, 2.75) is 77.0 Å². The molecule has 0 aromatic heterocycles. The highest BCUT2D eigenvalue weighted by molar-refractivity contribution is 9.10. The van der Waals surface area contributed by atoms with E-state index in [1.54, 1.807) is 0 Å². The van der Waals surface area contributed by atoms with Crippen molar-refractivity contribution in [3.8, 4) is 0 Å². The van der Waals surface area contributed by atoms with Gasteiger partial charge in [-0.25, -0.2) is 8.93 Å². The molecule has 1 N–H and O–H groups in total. The average molecular weight is 501 g/mol. The average Bonchev–Trinajstić information content (AvgIpc) is 2.69. The molecule has 0 spiro atoms. The molecular formula is C22H33BrN2O4S. The molecule has 0 saturated carbocycles. The summed E-state index contributed by atoms with van der Waals surface area (Å²) < 4.78 is 28.4. The molecule has 8 heteroatoms. The molecule has 6 nitrogen and oxygen atoms in total. The Morgan fingerprint density at radius 3 is 2.63 bits per heavy atom. The van der Waals surface area contributed by atoms with Crippen LogP contribution in [0.2, 0.25) is 0 Å². The number of benzene rings is 1. The number of rotatable bonds is 7. The Morgan fingerprint density at radius 2 is 2.00 bits per heavy atom. The lowest BCUT2D eigenvalue weighted by atomic mass is 9.89. The Labute approximate surface area is 190 Å². The Hall–Kier alpha value is -0.800. The molecule has 1 amide bonds. The van der Waals surface area contributed by atoms with Gasteiger partial charge < -0.3 is 14.4 Å². The van der Waals surface area contributed by atoms with Crippen LogP contribution in [0, 0.1) is 0 Å². The van der Waals surface area contributed by atoms with Crippen molar-refractivity contribution in [3.05, 3.63) is 33.3 Å². The lowest BCUT2D eigenvalue weighted by Gasteiger charge is -2.33. The van der Waals surface area contributed by atoms with Crippen molar-refractivity contribution in [1.29, 1.82) is 0 Å². The largest absolute Gasteiger partial charge is 0.353 e. The van der Waals surface area contributed by atoms with Crippen LogP contribution in [-0.2, 0) is 38.2 Å². The maximum Gasteiger partial charge on any atom is 0.227 e. The third kappa shape index (κ3) is 5.91. The third-order valence-electron chi connectivity index (χ3n) is 5.53. The van der Waals surface area contributed by atoms with Gasteiger partial charge in [0, 0.05) is 30.0 Å². The first kappa shape index (κ1) is 23.9. The fourth-order valence-electron chi connectivity index (χ4n) is 3.81. The van der Waals surface area contributed by atoms with Gasteiger partial charge in [0.25, 0.3) is 0 Å². The Morgan fingerprint density at radius 1 is 1.30 bits per heavy atom. The van der Waals surface area contributed by atoms with E-state index in [0.29, 0.717) is 19.5 Å². The predicted octanol–water partition coefficient (Wildman–Crippen LogP) is 3.99. The van der Waals surface area contributed by atoms with Gasteiger partial charge in [0.2, 0.25) is 5.91 Å². The quantitative estimate of drug-likeness (QED) is 0.614. The number of nitrogens with zero attached hydrogens (tertiary/aromatic N) is 1. The minimum Gasteiger partial charge on any atom is -0.353 e. The standard InChI is InChI=1S/C22H33BrN2O4S/c1-5-25-14-18-15(12-20(25)26)11-16(23)13-17(18)19(24-30(27)22(2,3)4)7-8-21-28-9-6-10-29-21/h11,13,19,21,24H,5-10,12,14H2,1-4H3. The Balaban J connectivity index is 1.91. The number of halogens is 1. The second-order valence-electron chi connectivity index (χ2n) is 8.87. The molecule has 1 aromatic rings. The van der Waals surface area contributed by atoms with Crippen molar-refractivity contribution in [3.63, 3.8) is 0 Å². The highest BCUT2D eigenvalue weighted by atomic mass is 79.9. The van der Waals surface area contributed by atoms with Gasteiger partial charge in [0.15, 0.2) is 6.29 Å².